The highest BCUT2D eigenvalue weighted by Gasteiger charge is 2.22. The molecule has 23 heavy (non-hydrogen) atoms. The third kappa shape index (κ3) is 4.93. The SMILES string of the molecule is C[C@@H](CN[C@H](C(=O)NC(N)=O)c1ccccc1)c1ccccc1. The number of rotatable bonds is 6. The molecular weight excluding hydrogens is 290 g/mol. The fourth-order valence-electron chi connectivity index (χ4n) is 2.40. The van der Waals surface area contributed by atoms with Crippen LogP contribution in [0.5, 0.6) is 0 Å². The first kappa shape index (κ1) is 16.7. The minimum Gasteiger partial charge on any atom is -0.351 e. The molecule has 2 atom stereocenters. The highest BCUT2D eigenvalue weighted by Crippen LogP contribution is 2.17. The first-order valence-corrected chi connectivity index (χ1v) is 7.51. The van der Waals surface area contributed by atoms with Crippen LogP contribution in [-0.2, 0) is 4.79 Å². The molecule has 0 spiro atoms. The van der Waals surface area contributed by atoms with Gasteiger partial charge in [-0.3, -0.25) is 10.1 Å². The monoisotopic (exact) mass is 311 g/mol. The van der Waals surface area contributed by atoms with Crippen molar-refractivity contribution >= 4 is 11.9 Å². The zero-order chi connectivity index (χ0) is 16.7. The summed E-state index contributed by atoms with van der Waals surface area (Å²) in [6.45, 7) is 2.67. The highest BCUT2D eigenvalue weighted by atomic mass is 16.2. The Hall–Kier alpha value is -2.66. The Morgan fingerprint density at radius 1 is 0.957 bits per heavy atom. The van der Waals surface area contributed by atoms with Gasteiger partial charge in [0.25, 0.3) is 0 Å². The smallest absolute Gasteiger partial charge is 0.318 e. The summed E-state index contributed by atoms with van der Waals surface area (Å²) >= 11 is 0. The zero-order valence-electron chi connectivity index (χ0n) is 13.0. The molecule has 5 nitrogen and oxygen atoms in total. The summed E-state index contributed by atoms with van der Waals surface area (Å²) in [5.41, 5.74) is 7.02. The quantitative estimate of drug-likeness (QED) is 0.765. The molecule has 0 saturated heterocycles. The number of carbonyl (C=O) groups excluding carboxylic acids is 2. The maximum Gasteiger partial charge on any atom is 0.318 e. The van der Waals surface area contributed by atoms with Gasteiger partial charge in [-0.2, -0.15) is 0 Å². The highest BCUT2D eigenvalue weighted by molar-refractivity contribution is 5.96. The van der Waals surface area contributed by atoms with Crippen LogP contribution in [0.1, 0.15) is 30.0 Å². The minimum absolute atomic E-state index is 0.226. The lowest BCUT2D eigenvalue weighted by molar-refractivity contribution is -0.122. The number of benzene rings is 2. The Morgan fingerprint density at radius 2 is 1.48 bits per heavy atom. The van der Waals surface area contributed by atoms with Crippen molar-refractivity contribution in [2.75, 3.05) is 6.54 Å². The van der Waals surface area contributed by atoms with E-state index in [9.17, 15) is 9.59 Å². The third-order valence-corrected chi connectivity index (χ3v) is 3.64. The van der Waals surface area contributed by atoms with Crippen LogP contribution in [0.2, 0.25) is 0 Å². The summed E-state index contributed by atoms with van der Waals surface area (Å²) in [4.78, 5) is 23.2. The molecule has 2 rings (SSSR count). The predicted octanol–water partition coefficient (Wildman–Crippen LogP) is 2.32. The topological polar surface area (TPSA) is 84.2 Å². The van der Waals surface area contributed by atoms with Gasteiger partial charge in [0.1, 0.15) is 6.04 Å². The van der Waals surface area contributed by atoms with Crippen LogP contribution < -0.4 is 16.4 Å². The number of nitrogens with one attached hydrogen (secondary N) is 2. The number of carbonyl (C=O) groups is 2. The Kier molecular flexibility index (Phi) is 5.88. The van der Waals surface area contributed by atoms with Crippen molar-refractivity contribution in [2.45, 2.75) is 18.9 Å². The molecule has 3 amide bonds. The van der Waals surface area contributed by atoms with Gasteiger partial charge in [0.15, 0.2) is 0 Å². The van der Waals surface area contributed by atoms with Crippen molar-refractivity contribution in [1.29, 1.82) is 0 Å². The Bertz CT molecular complexity index is 644. The van der Waals surface area contributed by atoms with Crippen molar-refractivity contribution in [3.63, 3.8) is 0 Å². The van der Waals surface area contributed by atoms with Crippen molar-refractivity contribution in [1.82, 2.24) is 10.6 Å². The Balaban J connectivity index is 2.09. The summed E-state index contributed by atoms with van der Waals surface area (Å²) in [5, 5.41) is 5.36. The van der Waals surface area contributed by atoms with Crippen LogP contribution >= 0.6 is 0 Å². The van der Waals surface area contributed by atoms with Gasteiger partial charge in [0.2, 0.25) is 5.91 Å². The first-order valence-electron chi connectivity index (χ1n) is 7.51. The van der Waals surface area contributed by atoms with E-state index in [2.05, 4.69) is 17.6 Å². The van der Waals surface area contributed by atoms with E-state index >= 15 is 0 Å². The Morgan fingerprint density at radius 3 is 2.00 bits per heavy atom. The maximum absolute atomic E-state index is 12.2. The second-order valence-corrected chi connectivity index (χ2v) is 5.42. The van der Waals surface area contributed by atoms with Gasteiger partial charge in [0, 0.05) is 6.54 Å². The Labute approximate surface area is 135 Å². The fraction of sp³-hybridized carbons (Fsp3) is 0.222. The van der Waals surface area contributed by atoms with E-state index in [1.807, 2.05) is 60.7 Å². The van der Waals surface area contributed by atoms with Crippen LogP contribution in [-0.4, -0.2) is 18.5 Å². The standard InChI is InChI=1S/C18H21N3O2/c1-13(14-8-4-2-5-9-14)12-20-16(17(22)21-18(19)23)15-10-6-3-7-11-15/h2-11,13,16,20H,12H2,1H3,(H3,19,21,22,23)/t13-,16-/m0/s1. The van der Waals surface area contributed by atoms with Crippen LogP contribution in [0.15, 0.2) is 60.7 Å². The summed E-state index contributed by atoms with van der Waals surface area (Å²) in [7, 11) is 0. The van der Waals surface area contributed by atoms with E-state index in [1.165, 1.54) is 5.56 Å². The van der Waals surface area contributed by atoms with Gasteiger partial charge in [-0.15, -0.1) is 0 Å². The van der Waals surface area contributed by atoms with Crippen LogP contribution in [0.4, 0.5) is 4.79 Å². The predicted molar refractivity (Wildman–Crippen MR) is 89.8 cm³/mol. The molecule has 2 aromatic rings. The molecule has 0 radical (unpaired) electrons. The second kappa shape index (κ2) is 8.10. The number of hydrogen-bond donors (Lipinski definition) is 3. The zero-order valence-corrected chi connectivity index (χ0v) is 13.0. The molecule has 0 aliphatic carbocycles. The molecule has 2 aromatic carbocycles. The molecule has 4 N–H and O–H groups in total. The van der Waals surface area contributed by atoms with Crippen molar-refractivity contribution in [3.8, 4) is 0 Å². The lowest BCUT2D eigenvalue weighted by atomic mass is 10.00. The first-order chi connectivity index (χ1) is 11.1. The summed E-state index contributed by atoms with van der Waals surface area (Å²) in [6, 6.07) is 17.8. The van der Waals surface area contributed by atoms with Crippen molar-refractivity contribution in [3.05, 3.63) is 71.8 Å². The molecule has 0 aliphatic rings. The number of amides is 3. The van der Waals surface area contributed by atoms with Crippen molar-refractivity contribution in [2.24, 2.45) is 5.73 Å². The number of imide groups is 1. The van der Waals surface area contributed by atoms with Crippen molar-refractivity contribution < 1.29 is 9.59 Å². The van der Waals surface area contributed by atoms with E-state index in [4.69, 9.17) is 5.73 Å². The molecule has 120 valence electrons. The van der Waals surface area contributed by atoms with Crippen LogP contribution in [0.25, 0.3) is 0 Å². The van der Waals surface area contributed by atoms with Gasteiger partial charge in [-0.25, -0.2) is 4.79 Å². The minimum atomic E-state index is -0.853. The molecule has 0 saturated carbocycles. The second-order valence-electron chi connectivity index (χ2n) is 5.42. The van der Waals surface area contributed by atoms with Gasteiger partial charge in [-0.1, -0.05) is 67.6 Å². The fourth-order valence-corrected chi connectivity index (χ4v) is 2.40. The largest absolute Gasteiger partial charge is 0.351 e. The molecule has 0 fully saturated rings. The maximum atomic E-state index is 12.2. The molecule has 0 aromatic heterocycles. The molecule has 0 heterocycles. The number of primary amides is 1. The molecule has 0 unspecified atom stereocenters. The van der Waals surface area contributed by atoms with E-state index in [0.29, 0.717) is 6.54 Å². The summed E-state index contributed by atoms with van der Waals surface area (Å²) < 4.78 is 0. The normalized spacial score (nSPS) is 13.1. The van der Waals surface area contributed by atoms with Gasteiger partial charge < -0.3 is 11.1 Å². The molecular formula is C18H21N3O2. The average Bonchev–Trinajstić information content (AvgIpc) is 2.56. The van der Waals surface area contributed by atoms with Crippen LogP contribution in [0.3, 0.4) is 0 Å². The number of nitrogens with two attached hydrogens (primary N) is 1. The van der Waals surface area contributed by atoms with Gasteiger partial charge in [0.05, 0.1) is 0 Å². The van der Waals surface area contributed by atoms with E-state index < -0.39 is 18.0 Å². The van der Waals surface area contributed by atoms with E-state index in [1.54, 1.807) is 0 Å². The van der Waals surface area contributed by atoms with Crippen LogP contribution in [0, 0.1) is 0 Å². The average molecular weight is 311 g/mol. The molecule has 0 aliphatic heterocycles. The lowest BCUT2D eigenvalue weighted by Crippen LogP contribution is -2.43. The van der Waals surface area contributed by atoms with E-state index in [0.717, 1.165) is 5.56 Å². The lowest BCUT2D eigenvalue weighted by Gasteiger charge is -2.21. The molecule has 5 heteroatoms. The summed E-state index contributed by atoms with van der Waals surface area (Å²) in [6.07, 6.45) is 0. The van der Waals surface area contributed by atoms with E-state index in [-0.39, 0.29) is 5.92 Å². The van der Waals surface area contributed by atoms with Gasteiger partial charge >= 0.3 is 6.03 Å². The number of urea groups is 1. The molecule has 0 bridgehead atoms. The van der Waals surface area contributed by atoms with Gasteiger partial charge in [-0.05, 0) is 17.0 Å². The third-order valence-electron chi connectivity index (χ3n) is 3.64. The number of hydrogen-bond acceptors (Lipinski definition) is 3. The summed E-state index contributed by atoms with van der Waals surface area (Å²) in [5.74, 6) is -0.229.